The van der Waals surface area contributed by atoms with Crippen LogP contribution in [0.3, 0.4) is 0 Å². The first kappa shape index (κ1) is 15.8. The van der Waals surface area contributed by atoms with Gasteiger partial charge in [-0.1, -0.05) is 11.8 Å². The van der Waals surface area contributed by atoms with Gasteiger partial charge in [-0.2, -0.15) is 0 Å². The summed E-state index contributed by atoms with van der Waals surface area (Å²) in [6.45, 7) is 7.85. The average molecular weight is 275 g/mol. The smallest absolute Gasteiger partial charge is 0.407 e. The van der Waals surface area contributed by atoms with E-state index in [0.29, 0.717) is 18.8 Å². The Bertz CT molecular complexity index is 536. The molecule has 1 amide bonds. The summed E-state index contributed by atoms with van der Waals surface area (Å²) >= 11 is 0. The summed E-state index contributed by atoms with van der Waals surface area (Å²) in [6.07, 6.45) is 1.77. The van der Waals surface area contributed by atoms with Crippen molar-refractivity contribution in [1.29, 1.82) is 0 Å². The van der Waals surface area contributed by atoms with Crippen LogP contribution in [0.5, 0.6) is 0 Å². The first-order valence-electron chi connectivity index (χ1n) is 6.46. The first-order valence-corrected chi connectivity index (χ1v) is 6.46. The molecular weight excluding hydrogens is 254 g/mol. The van der Waals surface area contributed by atoms with E-state index in [4.69, 9.17) is 10.5 Å². The van der Waals surface area contributed by atoms with Crippen molar-refractivity contribution in [3.63, 3.8) is 0 Å². The van der Waals surface area contributed by atoms with Gasteiger partial charge < -0.3 is 15.8 Å². The summed E-state index contributed by atoms with van der Waals surface area (Å²) in [7, 11) is 0. The quantitative estimate of drug-likeness (QED) is 0.641. The zero-order chi connectivity index (χ0) is 15.2. The van der Waals surface area contributed by atoms with Crippen molar-refractivity contribution in [3.05, 3.63) is 23.4 Å². The van der Waals surface area contributed by atoms with Gasteiger partial charge in [-0.25, -0.2) is 9.78 Å². The normalized spacial score (nSPS) is 10.4. The molecule has 1 aromatic heterocycles. The number of anilines is 1. The number of pyridine rings is 1. The predicted octanol–water partition coefficient (Wildman–Crippen LogP) is 2.24. The fourth-order valence-electron chi connectivity index (χ4n) is 1.41. The number of aromatic nitrogens is 1. The highest BCUT2D eigenvalue weighted by molar-refractivity contribution is 5.67. The van der Waals surface area contributed by atoms with Gasteiger partial charge in [0, 0.05) is 24.7 Å². The molecule has 0 atom stereocenters. The molecule has 1 heterocycles. The van der Waals surface area contributed by atoms with Gasteiger partial charge in [-0.05, 0) is 39.3 Å². The molecule has 0 bridgehead atoms. The van der Waals surface area contributed by atoms with Crippen molar-refractivity contribution in [2.75, 3.05) is 12.3 Å². The molecule has 0 aliphatic carbocycles. The molecule has 1 aromatic rings. The third kappa shape index (κ3) is 6.10. The second-order valence-electron chi connectivity index (χ2n) is 5.40. The van der Waals surface area contributed by atoms with Gasteiger partial charge in [-0.15, -0.1) is 0 Å². The number of carbonyl (C=O) groups is 1. The number of ether oxygens (including phenoxy) is 1. The summed E-state index contributed by atoms with van der Waals surface area (Å²) in [5.74, 6) is 6.47. The van der Waals surface area contributed by atoms with Crippen molar-refractivity contribution in [3.8, 4) is 11.8 Å². The van der Waals surface area contributed by atoms with Crippen molar-refractivity contribution in [2.24, 2.45) is 0 Å². The lowest BCUT2D eigenvalue weighted by atomic mass is 10.1. The minimum atomic E-state index is -0.484. The van der Waals surface area contributed by atoms with Crippen molar-refractivity contribution in [1.82, 2.24) is 10.3 Å². The Morgan fingerprint density at radius 3 is 2.80 bits per heavy atom. The van der Waals surface area contributed by atoms with E-state index in [9.17, 15) is 4.79 Å². The van der Waals surface area contributed by atoms with Gasteiger partial charge in [0.15, 0.2) is 0 Å². The predicted molar refractivity (Wildman–Crippen MR) is 79.1 cm³/mol. The van der Waals surface area contributed by atoms with Crippen LogP contribution in [0.25, 0.3) is 0 Å². The van der Waals surface area contributed by atoms with Crippen LogP contribution in [0.2, 0.25) is 0 Å². The summed E-state index contributed by atoms with van der Waals surface area (Å²) in [5.41, 5.74) is 6.92. The number of nitrogens with one attached hydrogen (secondary N) is 1. The summed E-state index contributed by atoms with van der Waals surface area (Å²) in [6, 6.07) is 1.78. The Morgan fingerprint density at radius 2 is 2.20 bits per heavy atom. The van der Waals surface area contributed by atoms with Gasteiger partial charge in [0.25, 0.3) is 0 Å². The van der Waals surface area contributed by atoms with E-state index in [1.807, 2.05) is 27.7 Å². The molecule has 108 valence electrons. The Labute approximate surface area is 119 Å². The molecule has 0 fully saturated rings. The zero-order valence-electron chi connectivity index (χ0n) is 12.4. The lowest BCUT2D eigenvalue weighted by Gasteiger charge is -2.19. The van der Waals surface area contributed by atoms with E-state index >= 15 is 0 Å². The minimum Gasteiger partial charge on any atom is -0.444 e. The fraction of sp³-hybridized carbons (Fsp3) is 0.467. The Balaban J connectivity index is 2.38. The molecule has 0 saturated heterocycles. The largest absolute Gasteiger partial charge is 0.444 e. The van der Waals surface area contributed by atoms with Crippen molar-refractivity contribution < 1.29 is 9.53 Å². The van der Waals surface area contributed by atoms with Crippen molar-refractivity contribution >= 4 is 11.9 Å². The van der Waals surface area contributed by atoms with Gasteiger partial charge >= 0.3 is 6.09 Å². The lowest BCUT2D eigenvalue weighted by Crippen LogP contribution is -2.32. The molecule has 0 spiro atoms. The number of alkyl carbamates (subject to hydrolysis) is 1. The van der Waals surface area contributed by atoms with Gasteiger partial charge in [0.2, 0.25) is 0 Å². The number of rotatable bonds is 2. The van der Waals surface area contributed by atoms with E-state index < -0.39 is 11.7 Å². The minimum absolute atomic E-state index is 0.426. The van der Waals surface area contributed by atoms with Gasteiger partial charge in [0.05, 0.1) is 0 Å². The molecule has 20 heavy (non-hydrogen) atoms. The van der Waals surface area contributed by atoms with Crippen LogP contribution in [0, 0.1) is 18.8 Å². The lowest BCUT2D eigenvalue weighted by molar-refractivity contribution is 0.0529. The molecule has 0 saturated carbocycles. The van der Waals surface area contributed by atoms with E-state index in [-0.39, 0.29) is 0 Å². The Morgan fingerprint density at radius 1 is 1.50 bits per heavy atom. The van der Waals surface area contributed by atoms with Crippen LogP contribution in [-0.4, -0.2) is 23.2 Å². The maximum absolute atomic E-state index is 11.4. The molecule has 0 radical (unpaired) electrons. The Hall–Kier alpha value is -2.22. The number of hydrogen-bond acceptors (Lipinski definition) is 4. The van der Waals surface area contributed by atoms with Crippen LogP contribution in [0.15, 0.2) is 12.3 Å². The highest BCUT2D eigenvalue weighted by Crippen LogP contribution is 2.08. The molecular formula is C15H21N3O2. The second kappa shape index (κ2) is 6.80. The van der Waals surface area contributed by atoms with Gasteiger partial charge in [-0.3, -0.25) is 0 Å². The second-order valence-corrected chi connectivity index (χ2v) is 5.40. The molecule has 1 rings (SSSR count). The van der Waals surface area contributed by atoms with Crippen LogP contribution in [0.1, 0.15) is 38.3 Å². The summed E-state index contributed by atoms with van der Waals surface area (Å²) < 4.78 is 5.11. The number of hydrogen-bond donors (Lipinski definition) is 2. The van der Waals surface area contributed by atoms with Crippen molar-refractivity contribution in [2.45, 2.75) is 39.7 Å². The van der Waals surface area contributed by atoms with E-state index in [1.54, 1.807) is 12.3 Å². The van der Waals surface area contributed by atoms with Crippen LogP contribution in [0.4, 0.5) is 10.6 Å². The van der Waals surface area contributed by atoms with Crippen LogP contribution < -0.4 is 11.1 Å². The number of nitrogen functional groups attached to an aromatic ring is 1. The molecule has 5 heteroatoms. The van der Waals surface area contributed by atoms with E-state index in [2.05, 4.69) is 22.1 Å². The fourth-order valence-corrected chi connectivity index (χ4v) is 1.41. The SMILES string of the molecule is Cc1cc(N)ncc1C#CCCNC(=O)OC(C)(C)C. The average Bonchev–Trinajstić information content (AvgIpc) is 2.28. The number of amides is 1. The highest BCUT2D eigenvalue weighted by Gasteiger charge is 2.15. The van der Waals surface area contributed by atoms with Gasteiger partial charge in [0.1, 0.15) is 11.4 Å². The third-order valence-corrected chi connectivity index (χ3v) is 2.27. The molecule has 5 nitrogen and oxygen atoms in total. The topological polar surface area (TPSA) is 77.2 Å². The molecule has 0 aromatic carbocycles. The first-order chi connectivity index (χ1) is 9.28. The molecule has 0 unspecified atom stereocenters. The Kier molecular flexibility index (Phi) is 5.39. The molecule has 3 N–H and O–H groups in total. The van der Waals surface area contributed by atoms with Crippen LogP contribution >= 0.6 is 0 Å². The maximum Gasteiger partial charge on any atom is 0.407 e. The number of nitrogens with two attached hydrogens (primary N) is 1. The summed E-state index contributed by atoms with van der Waals surface area (Å²) in [5, 5.41) is 2.65. The maximum atomic E-state index is 11.4. The van der Waals surface area contributed by atoms with Crippen LogP contribution in [-0.2, 0) is 4.74 Å². The zero-order valence-corrected chi connectivity index (χ0v) is 12.4. The number of aryl methyl sites for hydroxylation is 1. The number of nitrogens with zero attached hydrogens (tertiary/aromatic N) is 1. The monoisotopic (exact) mass is 275 g/mol. The summed E-state index contributed by atoms with van der Waals surface area (Å²) in [4.78, 5) is 15.4. The number of carbonyl (C=O) groups excluding carboxylic acids is 1. The third-order valence-electron chi connectivity index (χ3n) is 2.27. The van der Waals surface area contributed by atoms with E-state index in [0.717, 1.165) is 11.1 Å². The molecule has 0 aliphatic heterocycles. The van der Waals surface area contributed by atoms with E-state index in [1.165, 1.54) is 0 Å². The molecule has 0 aliphatic rings. The highest BCUT2D eigenvalue weighted by atomic mass is 16.6. The standard InChI is InChI=1S/C15H21N3O2/c1-11-9-13(16)18-10-12(11)7-5-6-8-17-14(19)20-15(2,3)4/h9-10H,6,8H2,1-4H3,(H2,16,18)(H,17,19).